The molecule has 1 unspecified atom stereocenters. The second-order valence-corrected chi connectivity index (χ2v) is 7.42. The quantitative estimate of drug-likeness (QED) is 0.930. The first kappa shape index (κ1) is 13.4. The van der Waals surface area contributed by atoms with Gasteiger partial charge in [-0.1, -0.05) is 17.7 Å². The van der Waals surface area contributed by atoms with E-state index in [2.05, 4.69) is 36.5 Å². The van der Waals surface area contributed by atoms with Crippen molar-refractivity contribution < 1.29 is 4.74 Å². The standard InChI is InChI=1S/C18H21NOS/c1-12-5-6-17-14(7-12)8-15(20-17)10-19-11-16-9-13-3-2-4-18(13)21-16/h5-7,9,15,19H,2-4,8,10-11H2,1H3. The van der Waals surface area contributed by atoms with Crippen LogP contribution in [-0.2, 0) is 25.8 Å². The van der Waals surface area contributed by atoms with E-state index in [1.54, 1.807) is 10.4 Å². The fourth-order valence-electron chi connectivity index (χ4n) is 3.40. The molecule has 2 heterocycles. The van der Waals surface area contributed by atoms with Crippen molar-refractivity contribution in [2.24, 2.45) is 0 Å². The van der Waals surface area contributed by atoms with E-state index in [1.807, 2.05) is 11.3 Å². The fraction of sp³-hybridized carbons (Fsp3) is 0.444. The van der Waals surface area contributed by atoms with E-state index in [1.165, 1.54) is 35.3 Å². The van der Waals surface area contributed by atoms with E-state index in [0.29, 0.717) is 0 Å². The van der Waals surface area contributed by atoms with Crippen LogP contribution in [0.4, 0.5) is 0 Å². The van der Waals surface area contributed by atoms with Crippen LogP contribution in [0, 0.1) is 6.92 Å². The zero-order valence-electron chi connectivity index (χ0n) is 12.4. The Kier molecular flexibility index (Phi) is 3.48. The molecule has 3 heteroatoms. The minimum atomic E-state index is 0.286. The second kappa shape index (κ2) is 5.47. The highest BCUT2D eigenvalue weighted by atomic mass is 32.1. The number of hydrogen-bond acceptors (Lipinski definition) is 3. The smallest absolute Gasteiger partial charge is 0.123 e. The normalized spacial score (nSPS) is 19.4. The van der Waals surface area contributed by atoms with Crippen molar-refractivity contribution in [2.45, 2.75) is 45.3 Å². The summed E-state index contributed by atoms with van der Waals surface area (Å²) in [6, 6.07) is 8.88. The van der Waals surface area contributed by atoms with E-state index in [9.17, 15) is 0 Å². The third-order valence-corrected chi connectivity index (χ3v) is 5.66. The summed E-state index contributed by atoms with van der Waals surface area (Å²) in [7, 11) is 0. The number of ether oxygens (including phenoxy) is 1. The summed E-state index contributed by atoms with van der Waals surface area (Å²) >= 11 is 1.99. The summed E-state index contributed by atoms with van der Waals surface area (Å²) in [6.07, 6.45) is 5.24. The predicted molar refractivity (Wildman–Crippen MR) is 87.3 cm³/mol. The van der Waals surface area contributed by atoms with Gasteiger partial charge >= 0.3 is 0 Å². The van der Waals surface area contributed by atoms with Crippen molar-refractivity contribution in [3.63, 3.8) is 0 Å². The molecule has 1 aromatic heterocycles. The van der Waals surface area contributed by atoms with Crippen LogP contribution in [0.25, 0.3) is 0 Å². The molecule has 1 aliphatic heterocycles. The third kappa shape index (κ3) is 2.72. The number of hydrogen-bond donors (Lipinski definition) is 1. The van der Waals surface area contributed by atoms with Gasteiger partial charge in [0, 0.05) is 29.3 Å². The van der Waals surface area contributed by atoms with Crippen LogP contribution in [0.2, 0.25) is 0 Å². The van der Waals surface area contributed by atoms with Gasteiger partial charge in [-0.3, -0.25) is 0 Å². The Hall–Kier alpha value is -1.32. The van der Waals surface area contributed by atoms with E-state index in [-0.39, 0.29) is 6.10 Å². The van der Waals surface area contributed by atoms with Crippen LogP contribution in [0.5, 0.6) is 5.75 Å². The number of rotatable bonds is 4. The summed E-state index contributed by atoms with van der Waals surface area (Å²) < 4.78 is 6.00. The molecule has 1 atom stereocenters. The molecule has 110 valence electrons. The summed E-state index contributed by atoms with van der Waals surface area (Å²) in [5.74, 6) is 1.07. The average molecular weight is 299 g/mol. The van der Waals surface area contributed by atoms with E-state index in [4.69, 9.17) is 4.74 Å². The van der Waals surface area contributed by atoms with Crippen LogP contribution in [0.1, 0.15) is 32.9 Å². The van der Waals surface area contributed by atoms with Crippen LogP contribution in [-0.4, -0.2) is 12.6 Å². The molecule has 0 fully saturated rings. The van der Waals surface area contributed by atoms with Gasteiger partial charge in [0.2, 0.25) is 0 Å². The summed E-state index contributed by atoms with van der Waals surface area (Å²) in [5, 5.41) is 3.57. The van der Waals surface area contributed by atoms with Gasteiger partial charge in [-0.2, -0.15) is 0 Å². The van der Waals surface area contributed by atoms with Crippen LogP contribution >= 0.6 is 11.3 Å². The topological polar surface area (TPSA) is 21.3 Å². The molecule has 0 saturated heterocycles. The van der Waals surface area contributed by atoms with Crippen molar-refractivity contribution in [1.82, 2.24) is 5.32 Å². The first-order valence-corrected chi connectivity index (χ1v) is 8.67. The minimum absolute atomic E-state index is 0.286. The third-order valence-electron chi connectivity index (χ3n) is 4.43. The Morgan fingerprint density at radius 3 is 3.10 bits per heavy atom. The van der Waals surface area contributed by atoms with Crippen LogP contribution in [0.15, 0.2) is 24.3 Å². The summed E-state index contributed by atoms with van der Waals surface area (Å²) in [6.45, 7) is 4.05. The molecule has 21 heavy (non-hydrogen) atoms. The Balaban J connectivity index is 1.30. The Bertz CT molecular complexity index is 640. The molecule has 1 aliphatic carbocycles. The Morgan fingerprint density at radius 1 is 1.24 bits per heavy atom. The van der Waals surface area contributed by atoms with Gasteiger partial charge in [0.15, 0.2) is 0 Å². The zero-order chi connectivity index (χ0) is 14.2. The molecular weight excluding hydrogens is 278 g/mol. The van der Waals surface area contributed by atoms with Gasteiger partial charge in [-0.05, 0) is 49.4 Å². The first-order valence-electron chi connectivity index (χ1n) is 7.85. The molecule has 1 N–H and O–H groups in total. The van der Waals surface area contributed by atoms with Crippen molar-refractivity contribution in [1.29, 1.82) is 0 Å². The maximum absolute atomic E-state index is 6.00. The lowest BCUT2D eigenvalue weighted by Crippen LogP contribution is -2.29. The van der Waals surface area contributed by atoms with E-state index >= 15 is 0 Å². The molecule has 0 amide bonds. The van der Waals surface area contributed by atoms with Gasteiger partial charge in [0.05, 0.1) is 0 Å². The highest BCUT2D eigenvalue weighted by molar-refractivity contribution is 7.12. The van der Waals surface area contributed by atoms with Gasteiger partial charge in [0.25, 0.3) is 0 Å². The lowest BCUT2D eigenvalue weighted by atomic mass is 10.1. The maximum atomic E-state index is 6.00. The molecule has 2 nitrogen and oxygen atoms in total. The highest BCUT2D eigenvalue weighted by Gasteiger charge is 2.22. The molecule has 0 saturated carbocycles. The lowest BCUT2D eigenvalue weighted by molar-refractivity contribution is 0.227. The number of benzene rings is 1. The van der Waals surface area contributed by atoms with E-state index < -0.39 is 0 Å². The molecule has 0 bridgehead atoms. The van der Waals surface area contributed by atoms with Gasteiger partial charge in [-0.15, -0.1) is 11.3 Å². The summed E-state index contributed by atoms with van der Waals surface area (Å²) in [5.41, 5.74) is 4.27. The SMILES string of the molecule is Cc1ccc2c(c1)CC(CNCc1cc3c(s1)CCC3)O2. The van der Waals surface area contributed by atoms with Crippen molar-refractivity contribution in [3.8, 4) is 5.75 Å². The first-order chi connectivity index (χ1) is 10.3. The summed E-state index contributed by atoms with van der Waals surface area (Å²) in [4.78, 5) is 3.10. The fourth-order valence-corrected chi connectivity index (χ4v) is 4.63. The number of thiophene rings is 1. The molecule has 0 spiro atoms. The predicted octanol–water partition coefficient (Wildman–Crippen LogP) is 3.64. The number of fused-ring (bicyclic) bond motifs is 2. The number of nitrogens with one attached hydrogen (secondary N) is 1. The van der Waals surface area contributed by atoms with E-state index in [0.717, 1.165) is 25.3 Å². The molecule has 1 aromatic carbocycles. The van der Waals surface area contributed by atoms with Crippen LogP contribution < -0.4 is 10.1 Å². The van der Waals surface area contributed by atoms with Gasteiger partial charge in [-0.25, -0.2) is 0 Å². The van der Waals surface area contributed by atoms with Gasteiger partial charge in [0.1, 0.15) is 11.9 Å². The van der Waals surface area contributed by atoms with Crippen molar-refractivity contribution in [2.75, 3.05) is 6.54 Å². The minimum Gasteiger partial charge on any atom is -0.488 e. The van der Waals surface area contributed by atoms with Crippen LogP contribution in [0.3, 0.4) is 0 Å². The number of aryl methyl sites for hydroxylation is 3. The van der Waals surface area contributed by atoms with Crippen molar-refractivity contribution in [3.05, 3.63) is 50.7 Å². The molecule has 2 aliphatic rings. The monoisotopic (exact) mass is 299 g/mol. The largest absolute Gasteiger partial charge is 0.488 e. The van der Waals surface area contributed by atoms with Crippen molar-refractivity contribution >= 4 is 11.3 Å². The zero-order valence-corrected chi connectivity index (χ0v) is 13.3. The lowest BCUT2D eigenvalue weighted by Gasteiger charge is -2.11. The second-order valence-electron chi connectivity index (χ2n) is 6.20. The molecule has 4 rings (SSSR count). The Labute approximate surface area is 130 Å². The van der Waals surface area contributed by atoms with Gasteiger partial charge < -0.3 is 10.1 Å². The molecular formula is C18H21NOS. The molecule has 0 radical (unpaired) electrons. The highest BCUT2D eigenvalue weighted by Crippen LogP contribution is 2.31. The molecule has 2 aromatic rings. The maximum Gasteiger partial charge on any atom is 0.123 e. The Morgan fingerprint density at radius 2 is 2.19 bits per heavy atom. The average Bonchev–Trinajstić information content (AvgIpc) is 3.11.